The Bertz CT molecular complexity index is 581. The molecule has 1 aromatic heterocycles. The summed E-state index contributed by atoms with van der Waals surface area (Å²) >= 11 is 18.1. The number of benzene rings is 1. The molecule has 102 valence electrons. The zero-order valence-electron chi connectivity index (χ0n) is 10.4. The summed E-state index contributed by atoms with van der Waals surface area (Å²) in [4.78, 5) is 0. The van der Waals surface area contributed by atoms with Crippen LogP contribution >= 0.6 is 34.8 Å². The lowest BCUT2D eigenvalue weighted by Crippen LogP contribution is -2.18. The summed E-state index contributed by atoms with van der Waals surface area (Å²) in [7, 11) is 0. The van der Waals surface area contributed by atoms with Crippen LogP contribution in [0, 0.1) is 0 Å². The molecule has 1 heterocycles. The monoisotopic (exact) mass is 317 g/mol. The Morgan fingerprint density at radius 3 is 2.58 bits per heavy atom. The Hall–Kier alpha value is -0.740. The van der Waals surface area contributed by atoms with Gasteiger partial charge in [0.2, 0.25) is 0 Å². The van der Waals surface area contributed by atoms with Gasteiger partial charge >= 0.3 is 0 Å². The van der Waals surface area contributed by atoms with Crippen LogP contribution in [-0.2, 0) is 6.54 Å². The summed E-state index contributed by atoms with van der Waals surface area (Å²) < 4.78 is 1.83. The number of rotatable bonds is 4. The summed E-state index contributed by atoms with van der Waals surface area (Å²) in [5.41, 5.74) is 7.91. The Balaban J connectivity index is 2.40. The molecule has 2 rings (SSSR count). The van der Waals surface area contributed by atoms with Crippen molar-refractivity contribution in [3.63, 3.8) is 0 Å². The quantitative estimate of drug-likeness (QED) is 0.913. The van der Waals surface area contributed by atoms with E-state index in [1.54, 1.807) is 18.3 Å². The molecule has 3 nitrogen and oxygen atoms in total. The molecular formula is C13H14Cl3N3. The van der Waals surface area contributed by atoms with E-state index < -0.39 is 0 Å². The maximum atomic E-state index is 6.26. The lowest BCUT2D eigenvalue weighted by atomic mass is 10.0. The van der Waals surface area contributed by atoms with Crippen LogP contribution in [0.1, 0.15) is 30.6 Å². The normalized spacial score (nSPS) is 12.7. The molecule has 1 atom stereocenters. The van der Waals surface area contributed by atoms with E-state index in [2.05, 4.69) is 12.0 Å². The zero-order valence-corrected chi connectivity index (χ0v) is 12.7. The summed E-state index contributed by atoms with van der Waals surface area (Å²) in [6, 6.07) is 4.96. The highest BCUT2D eigenvalue weighted by atomic mass is 35.5. The van der Waals surface area contributed by atoms with Crippen LogP contribution in [0.3, 0.4) is 0 Å². The molecule has 0 aliphatic heterocycles. The Labute approximate surface area is 127 Å². The topological polar surface area (TPSA) is 43.8 Å². The number of halogens is 3. The molecule has 0 spiro atoms. The molecule has 19 heavy (non-hydrogen) atoms. The van der Waals surface area contributed by atoms with Gasteiger partial charge in [-0.15, -0.1) is 0 Å². The minimum Gasteiger partial charge on any atom is -0.319 e. The van der Waals surface area contributed by atoms with Crippen molar-refractivity contribution in [3.8, 4) is 0 Å². The van der Waals surface area contributed by atoms with Gasteiger partial charge in [0.25, 0.3) is 0 Å². The molecule has 0 aliphatic rings. The number of hydrogen-bond donors (Lipinski definition) is 1. The van der Waals surface area contributed by atoms with Gasteiger partial charge < -0.3 is 5.73 Å². The molecule has 2 aromatic rings. The first-order chi connectivity index (χ1) is 9.04. The van der Waals surface area contributed by atoms with Gasteiger partial charge in [0.05, 0.1) is 33.0 Å². The van der Waals surface area contributed by atoms with Crippen molar-refractivity contribution in [3.05, 3.63) is 50.7 Å². The third-order valence-corrected chi connectivity index (χ3v) is 3.90. The van der Waals surface area contributed by atoms with Crippen molar-refractivity contribution >= 4 is 34.8 Å². The molecule has 2 N–H and O–H groups in total. The van der Waals surface area contributed by atoms with E-state index in [9.17, 15) is 0 Å². The molecular weight excluding hydrogens is 305 g/mol. The summed E-state index contributed by atoms with van der Waals surface area (Å²) in [6.07, 6.45) is 2.57. The molecule has 6 heteroatoms. The highest BCUT2D eigenvalue weighted by Crippen LogP contribution is 2.30. The van der Waals surface area contributed by atoms with E-state index in [0.717, 1.165) is 24.2 Å². The number of aryl methyl sites for hydroxylation is 1. The molecule has 0 aliphatic carbocycles. The van der Waals surface area contributed by atoms with E-state index in [1.807, 2.05) is 10.7 Å². The maximum absolute atomic E-state index is 6.26. The van der Waals surface area contributed by atoms with Gasteiger partial charge in [-0.1, -0.05) is 47.8 Å². The average molecular weight is 319 g/mol. The first-order valence-corrected chi connectivity index (χ1v) is 7.09. The molecule has 0 radical (unpaired) electrons. The maximum Gasteiger partial charge on any atom is 0.0837 e. The smallest absolute Gasteiger partial charge is 0.0837 e. The van der Waals surface area contributed by atoms with Gasteiger partial charge in [-0.2, -0.15) is 5.10 Å². The van der Waals surface area contributed by atoms with Crippen molar-refractivity contribution in [1.29, 1.82) is 0 Å². The zero-order chi connectivity index (χ0) is 14.0. The van der Waals surface area contributed by atoms with Crippen LogP contribution in [0.25, 0.3) is 0 Å². The number of nitrogens with two attached hydrogens (primary N) is 1. The third kappa shape index (κ3) is 3.06. The van der Waals surface area contributed by atoms with Crippen LogP contribution in [-0.4, -0.2) is 9.78 Å². The number of nitrogens with zero attached hydrogens (tertiary/aromatic N) is 2. The third-order valence-electron chi connectivity index (χ3n) is 2.87. The lowest BCUT2D eigenvalue weighted by molar-refractivity contribution is 0.560. The van der Waals surface area contributed by atoms with Gasteiger partial charge in [-0.05, 0) is 24.1 Å². The fourth-order valence-electron chi connectivity index (χ4n) is 1.93. The largest absolute Gasteiger partial charge is 0.319 e. The van der Waals surface area contributed by atoms with Crippen LogP contribution in [0.4, 0.5) is 0 Å². The minimum absolute atomic E-state index is 0.378. The van der Waals surface area contributed by atoms with Crippen LogP contribution in [0.2, 0.25) is 15.1 Å². The van der Waals surface area contributed by atoms with E-state index in [-0.39, 0.29) is 6.04 Å². The first-order valence-electron chi connectivity index (χ1n) is 5.96. The van der Waals surface area contributed by atoms with Crippen molar-refractivity contribution in [2.75, 3.05) is 0 Å². The SMILES string of the molecule is CCCn1ncc(Cl)c1C(N)c1ccc(Cl)c(Cl)c1. The van der Waals surface area contributed by atoms with Gasteiger partial charge in [0, 0.05) is 6.54 Å². The summed E-state index contributed by atoms with van der Waals surface area (Å²) in [6.45, 7) is 2.85. The second kappa shape index (κ2) is 6.14. The second-order valence-corrected chi connectivity index (χ2v) is 5.47. The highest BCUT2D eigenvalue weighted by molar-refractivity contribution is 6.42. The molecule has 0 amide bonds. The Morgan fingerprint density at radius 2 is 1.95 bits per heavy atom. The van der Waals surface area contributed by atoms with Gasteiger partial charge in [0.15, 0.2) is 0 Å². The molecule has 0 saturated carbocycles. The van der Waals surface area contributed by atoms with E-state index >= 15 is 0 Å². The Kier molecular flexibility index (Phi) is 4.74. The predicted molar refractivity (Wildman–Crippen MR) is 80.0 cm³/mol. The average Bonchev–Trinajstić information content (AvgIpc) is 2.74. The van der Waals surface area contributed by atoms with Crippen LogP contribution < -0.4 is 5.73 Å². The fraction of sp³-hybridized carbons (Fsp3) is 0.308. The number of aromatic nitrogens is 2. The van der Waals surface area contributed by atoms with E-state index in [1.165, 1.54) is 0 Å². The fourth-order valence-corrected chi connectivity index (χ4v) is 2.50. The second-order valence-electron chi connectivity index (χ2n) is 4.25. The van der Waals surface area contributed by atoms with Gasteiger partial charge in [0.1, 0.15) is 0 Å². The van der Waals surface area contributed by atoms with Crippen molar-refractivity contribution in [1.82, 2.24) is 9.78 Å². The molecule has 0 bridgehead atoms. The Morgan fingerprint density at radius 1 is 1.21 bits per heavy atom. The van der Waals surface area contributed by atoms with Crippen molar-refractivity contribution in [2.45, 2.75) is 25.9 Å². The molecule has 1 aromatic carbocycles. The summed E-state index contributed by atoms with van der Waals surface area (Å²) in [5.74, 6) is 0. The number of hydrogen-bond acceptors (Lipinski definition) is 2. The van der Waals surface area contributed by atoms with Crippen molar-refractivity contribution in [2.24, 2.45) is 5.73 Å². The van der Waals surface area contributed by atoms with E-state index in [0.29, 0.717) is 15.1 Å². The standard InChI is InChI=1S/C13H14Cl3N3/c1-2-5-19-13(11(16)7-18-19)12(17)8-3-4-9(14)10(15)6-8/h3-4,6-7,12H,2,5,17H2,1H3. The molecule has 0 saturated heterocycles. The lowest BCUT2D eigenvalue weighted by Gasteiger charge is -2.15. The molecule has 1 unspecified atom stereocenters. The van der Waals surface area contributed by atoms with Crippen LogP contribution in [0.15, 0.2) is 24.4 Å². The first kappa shape index (κ1) is 14.7. The van der Waals surface area contributed by atoms with Gasteiger partial charge in [-0.25, -0.2) is 0 Å². The molecule has 0 fully saturated rings. The minimum atomic E-state index is -0.378. The predicted octanol–water partition coefficient (Wildman–Crippen LogP) is 4.30. The van der Waals surface area contributed by atoms with E-state index in [4.69, 9.17) is 40.5 Å². The van der Waals surface area contributed by atoms with Crippen LogP contribution in [0.5, 0.6) is 0 Å². The highest BCUT2D eigenvalue weighted by Gasteiger charge is 2.19. The van der Waals surface area contributed by atoms with Crippen molar-refractivity contribution < 1.29 is 0 Å². The summed E-state index contributed by atoms with van der Waals surface area (Å²) in [5, 5.41) is 5.78. The van der Waals surface area contributed by atoms with Gasteiger partial charge in [-0.3, -0.25) is 4.68 Å².